The highest BCUT2D eigenvalue weighted by Crippen LogP contribution is 2.45. The molecule has 112 valence electrons. The van der Waals surface area contributed by atoms with Crippen molar-refractivity contribution >= 4 is 0 Å². The van der Waals surface area contributed by atoms with Crippen molar-refractivity contribution in [3.8, 4) is 0 Å². The van der Waals surface area contributed by atoms with Crippen LogP contribution in [0.5, 0.6) is 0 Å². The summed E-state index contributed by atoms with van der Waals surface area (Å²) in [6, 6.07) is 0. The third kappa shape index (κ3) is 2.76. The van der Waals surface area contributed by atoms with Gasteiger partial charge in [-0.3, -0.25) is 0 Å². The molecule has 4 atom stereocenters. The van der Waals surface area contributed by atoms with Gasteiger partial charge < -0.3 is 5.11 Å². The number of aliphatic hydroxyl groups excluding tert-OH is 1. The second-order valence-electron chi connectivity index (χ2n) is 6.70. The highest BCUT2D eigenvalue weighted by atomic mass is 16.3. The van der Waals surface area contributed by atoms with E-state index in [0.29, 0.717) is 5.92 Å². The van der Waals surface area contributed by atoms with Crippen LogP contribution in [0.1, 0.15) is 70.1 Å². The Labute approximate surface area is 121 Å². The van der Waals surface area contributed by atoms with E-state index in [1.807, 2.05) is 4.68 Å². The Morgan fingerprint density at radius 3 is 2.85 bits per heavy atom. The predicted molar refractivity (Wildman–Crippen MR) is 78.1 cm³/mol. The van der Waals surface area contributed by atoms with Gasteiger partial charge in [0.05, 0.1) is 11.9 Å². The Kier molecular flexibility index (Phi) is 4.39. The first-order chi connectivity index (χ1) is 9.79. The fraction of sp³-hybridized carbons (Fsp3) is 0.875. The van der Waals surface area contributed by atoms with Crippen molar-refractivity contribution in [3.05, 3.63) is 11.9 Å². The minimum atomic E-state index is -0.376. The van der Waals surface area contributed by atoms with Crippen LogP contribution in [-0.2, 0) is 6.54 Å². The predicted octanol–water partition coefficient (Wildman–Crippen LogP) is 3.33. The largest absolute Gasteiger partial charge is 0.386 e. The first-order valence-electron chi connectivity index (χ1n) is 8.36. The lowest BCUT2D eigenvalue weighted by molar-refractivity contribution is 0.0299. The topological polar surface area (TPSA) is 50.9 Å². The zero-order valence-electron chi connectivity index (χ0n) is 12.5. The summed E-state index contributed by atoms with van der Waals surface area (Å²) >= 11 is 0. The molecule has 1 heterocycles. The van der Waals surface area contributed by atoms with Crippen molar-refractivity contribution in [1.29, 1.82) is 0 Å². The van der Waals surface area contributed by atoms with Gasteiger partial charge >= 0.3 is 0 Å². The molecule has 20 heavy (non-hydrogen) atoms. The third-order valence-electron chi connectivity index (χ3n) is 5.41. The van der Waals surface area contributed by atoms with Crippen LogP contribution in [0.2, 0.25) is 0 Å². The van der Waals surface area contributed by atoms with Crippen molar-refractivity contribution in [1.82, 2.24) is 15.0 Å². The van der Waals surface area contributed by atoms with Crippen molar-refractivity contribution in [3.63, 3.8) is 0 Å². The quantitative estimate of drug-likeness (QED) is 0.918. The highest BCUT2D eigenvalue weighted by Gasteiger charge is 2.36. The van der Waals surface area contributed by atoms with Gasteiger partial charge in [0.1, 0.15) is 6.10 Å². The van der Waals surface area contributed by atoms with Gasteiger partial charge in [0.2, 0.25) is 0 Å². The van der Waals surface area contributed by atoms with Crippen LogP contribution in [-0.4, -0.2) is 20.1 Å². The summed E-state index contributed by atoms with van der Waals surface area (Å²) in [5.41, 5.74) is 0.922. The molecule has 0 aliphatic heterocycles. The average Bonchev–Trinajstić information content (AvgIpc) is 2.94. The number of aromatic nitrogens is 3. The van der Waals surface area contributed by atoms with Gasteiger partial charge in [0.25, 0.3) is 0 Å². The van der Waals surface area contributed by atoms with Gasteiger partial charge in [-0.15, -0.1) is 5.10 Å². The number of hydrogen-bond donors (Lipinski definition) is 1. The molecule has 3 rings (SSSR count). The monoisotopic (exact) mass is 277 g/mol. The van der Waals surface area contributed by atoms with Gasteiger partial charge in [-0.2, -0.15) is 0 Å². The molecular formula is C16H27N3O. The normalized spacial score (nSPS) is 31.8. The summed E-state index contributed by atoms with van der Waals surface area (Å²) in [6.07, 6.45) is 11.7. The molecule has 1 aromatic rings. The fourth-order valence-corrected chi connectivity index (χ4v) is 4.32. The van der Waals surface area contributed by atoms with E-state index < -0.39 is 0 Å². The Hall–Kier alpha value is -0.900. The van der Waals surface area contributed by atoms with Gasteiger partial charge in [0.15, 0.2) is 0 Å². The zero-order chi connectivity index (χ0) is 13.9. The van der Waals surface area contributed by atoms with Crippen molar-refractivity contribution in [2.75, 3.05) is 0 Å². The molecule has 2 aliphatic rings. The SMILES string of the molecule is CCCn1nncc1C(O)C1CCC2CCCCC2C1. The minimum Gasteiger partial charge on any atom is -0.386 e. The van der Waals surface area contributed by atoms with E-state index >= 15 is 0 Å². The van der Waals surface area contributed by atoms with Crippen molar-refractivity contribution in [2.24, 2.45) is 17.8 Å². The second-order valence-corrected chi connectivity index (χ2v) is 6.70. The Morgan fingerprint density at radius 2 is 2.05 bits per heavy atom. The number of nitrogens with zero attached hydrogens (tertiary/aromatic N) is 3. The average molecular weight is 277 g/mol. The summed E-state index contributed by atoms with van der Waals surface area (Å²) < 4.78 is 1.89. The molecule has 0 bridgehead atoms. The molecule has 2 saturated carbocycles. The van der Waals surface area contributed by atoms with Gasteiger partial charge in [-0.1, -0.05) is 37.8 Å². The van der Waals surface area contributed by atoms with Crippen molar-refractivity contribution < 1.29 is 5.11 Å². The van der Waals surface area contributed by atoms with E-state index in [1.54, 1.807) is 6.20 Å². The number of fused-ring (bicyclic) bond motifs is 1. The van der Waals surface area contributed by atoms with Gasteiger partial charge in [-0.25, -0.2) is 4.68 Å². The Morgan fingerprint density at radius 1 is 1.25 bits per heavy atom. The van der Waals surface area contributed by atoms with E-state index in [1.165, 1.54) is 44.9 Å². The second kappa shape index (κ2) is 6.25. The lowest BCUT2D eigenvalue weighted by Gasteiger charge is -2.40. The van der Waals surface area contributed by atoms with Crippen LogP contribution >= 0.6 is 0 Å². The molecule has 1 N–H and O–H groups in total. The number of hydrogen-bond acceptors (Lipinski definition) is 3. The van der Waals surface area contributed by atoms with E-state index in [0.717, 1.165) is 30.5 Å². The minimum absolute atomic E-state index is 0.376. The van der Waals surface area contributed by atoms with E-state index in [9.17, 15) is 5.11 Å². The summed E-state index contributed by atoms with van der Waals surface area (Å²) in [5.74, 6) is 2.20. The summed E-state index contributed by atoms with van der Waals surface area (Å²) in [7, 11) is 0. The lowest BCUT2D eigenvalue weighted by atomic mass is 9.66. The molecule has 2 fully saturated rings. The molecule has 0 amide bonds. The molecule has 2 aliphatic carbocycles. The van der Waals surface area contributed by atoms with E-state index in [2.05, 4.69) is 17.2 Å². The van der Waals surface area contributed by atoms with Crippen LogP contribution in [0, 0.1) is 17.8 Å². The van der Waals surface area contributed by atoms with Crippen LogP contribution in [0.4, 0.5) is 0 Å². The molecule has 0 spiro atoms. The molecule has 0 aromatic carbocycles. The molecule has 1 aromatic heterocycles. The molecule has 4 nitrogen and oxygen atoms in total. The maximum absolute atomic E-state index is 10.7. The molecular weight excluding hydrogens is 250 g/mol. The number of aliphatic hydroxyl groups is 1. The third-order valence-corrected chi connectivity index (χ3v) is 5.41. The standard InChI is InChI=1S/C16H27N3O/c1-2-9-19-15(11-17-18-19)16(20)14-8-7-12-5-3-4-6-13(12)10-14/h11-14,16,20H,2-10H2,1H3. The Bertz CT molecular complexity index is 431. The number of aryl methyl sites for hydroxylation is 1. The van der Waals surface area contributed by atoms with Crippen LogP contribution in [0.25, 0.3) is 0 Å². The van der Waals surface area contributed by atoms with Gasteiger partial charge in [0, 0.05) is 6.54 Å². The van der Waals surface area contributed by atoms with Crippen LogP contribution in [0.3, 0.4) is 0 Å². The first kappa shape index (κ1) is 14.1. The van der Waals surface area contributed by atoms with E-state index in [4.69, 9.17) is 0 Å². The van der Waals surface area contributed by atoms with Gasteiger partial charge in [-0.05, 0) is 43.4 Å². The molecule has 0 saturated heterocycles. The van der Waals surface area contributed by atoms with Crippen LogP contribution < -0.4 is 0 Å². The number of rotatable bonds is 4. The summed E-state index contributed by atoms with van der Waals surface area (Å²) in [4.78, 5) is 0. The summed E-state index contributed by atoms with van der Waals surface area (Å²) in [6.45, 7) is 2.98. The molecule has 4 unspecified atom stereocenters. The summed E-state index contributed by atoms with van der Waals surface area (Å²) in [5, 5.41) is 18.8. The highest BCUT2D eigenvalue weighted by molar-refractivity contribution is 5.02. The molecule has 0 radical (unpaired) electrons. The Balaban J connectivity index is 1.67. The smallest absolute Gasteiger partial charge is 0.100 e. The maximum Gasteiger partial charge on any atom is 0.100 e. The zero-order valence-corrected chi connectivity index (χ0v) is 12.5. The lowest BCUT2D eigenvalue weighted by Crippen LogP contribution is -2.31. The van der Waals surface area contributed by atoms with Crippen molar-refractivity contribution in [2.45, 2.75) is 70.9 Å². The molecule has 4 heteroatoms. The van der Waals surface area contributed by atoms with E-state index in [-0.39, 0.29) is 6.10 Å². The maximum atomic E-state index is 10.7. The first-order valence-corrected chi connectivity index (χ1v) is 8.36. The van der Waals surface area contributed by atoms with Crippen LogP contribution in [0.15, 0.2) is 6.20 Å². The fourth-order valence-electron chi connectivity index (χ4n) is 4.32.